The molecule has 2 bridgehead atoms. The second-order valence-electron chi connectivity index (χ2n) is 5.59. The molecule has 4 nitrogen and oxygen atoms in total. The van der Waals surface area contributed by atoms with Gasteiger partial charge in [-0.2, -0.15) is 0 Å². The van der Waals surface area contributed by atoms with Crippen molar-refractivity contribution in [3.8, 4) is 0 Å². The van der Waals surface area contributed by atoms with E-state index in [4.69, 9.17) is 4.74 Å². The molecule has 2 aliphatic heterocycles. The number of hydrogen-bond donors (Lipinski definition) is 1. The molecule has 2 fully saturated rings. The van der Waals surface area contributed by atoms with E-state index in [1.54, 1.807) is 0 Å². The van der Waals surface area contributed by atoms with Crippen molar-refractivity contribution in [3.63, 3.8) is 0 Å². The molecule has 1 amide bonds. The fraction of sp³-hybridized carbons (Fsp3) is 0.909. The maximum Gasteiger partial charge on any atom is 0.410 e. The van der Waals surface area contributed by atoms with Crippen LogP contribution in [0, 0.1) is 5.92 Å². The zero-order chi connectivity index (χ0) is 11.1. The summed E-state index contributed by atoms with van der Waals surface area (Å²) >= 11 is 0. The van der Waals surface area contributed by atoms with Gasteiger partial charge in [0.1, 0.15) is 5.60 Å². The Bertz CT molecular complexity index is 253. The third kappa shape index (κ3) is 3.25. The Morgan fingerprint density at radius 2 is 2.06 bits per heavy atom. The van der Waals surface area contributed by atoms with Crippen LogP contribution in [0.25, 0.3) is 0 Å². The molecular formula is C11H21ClN2O2. The molecule has 2 unspecified atom stereocenters. The van der Waals surface area contributed by atoms with E-state index in [1.165, 1.54) is 6.42 Å². The van der Waals surface area contributed by atoms with Crippen LogP contribution in [0.4, 0.5) is 4.79 Å². The fourth-order valence-electron chi connectivity index (χ4n) is 2.31. The predicted octanol–water partition coefficient (Wildman–Crippen LogP) is 1.64. The number of rotatable bonds is 0. The largest absolute Gasteiger partial charge is 0.444 e. The quantitative estimate of drug-likeness (QED) is 0.709. The predicted molar refractivity (Wildman–Crippen MR) is 65.0 cm³/mol. The minimum atomic E-state index is -0.388. The lowest BCUT2D eigenvalue weighted by Crippen LogP contribution is -2.46. The van der Waals surface area contributed by atoms with E-state index in [0.717, 1.165) is 19.6 Å². The number of hydrogen-bond acceptors (Lipinski definition) is 3. The summed E-state index contributed by atoms with van der Waals surface area (Å²) in [5, 5.41) is 3.42. The minimum Gasteiger partial charge on any atom is -0.444 e. The highest BCUT2D eigenvalue weighted by molar-refractivity contribution is 5.85. The van der Waals surface area contributed by atoms with Crippen molar-refractivity contribution in [2.24, 2.45) is 5.92 Å². The number of fused-ring (bicyclic) bond motifs is 2. The first kappa shape index (κ1) is 13.6. The lowest BCUT2D eigenvalue weighted by atomic mass is 10.0. The van der Waals surface area contributed by atoms with Crippen molar-refractivity contribution in [1.29, 1.82) is 0 Å². The van der Waals surface area contributed by atoms with Crippen molar-refractivity contribution in [2.75, 3.05) is 19.6 Å². The first-order valence-corrected chi connectivity index (χ1v) is 5.65. The molecule has 0 spiro atoms. The van der Waals surface area contributed by atoms with E-state index in [-0.39, 0.29) is 24.1 Å². The van der Waals surface area contributed by atoms with Crippen LogP contribution in [0.5, 0.6) is 0 Å². The Labute approximate surface area is 103 Å². The van der Waals surface area contributed by atoms with Gasteiger partial charge < -0.3 is 15.0 Å². The third-order valence-corrected chi connectivity index (χ3v) is 2.88. The molecule has 2 saturated heterocycles. The van der Waals surface area contributed by atoms with Crippen LogP contribution in [-0.4, -0.2) is 42.3 Å². The Morgan fingerprint density at radius 3 is 2.62 bits per heavy atom. The maximum absolute atomic E-state index is 11.8. The summed E-state index contributed by atoms with van der Waals surface area (Å²) in [4.78, 5) is 13.6. The van der Waals surface area contributed by atoms with Crippen molar-refractivity contribution < 1.29 is 9.53 Å². The van der Waals surface area contributed by atoms with Gasteiger partial charge in [-0.25, -0.2) is 4.79 Å². The number of amides is 1. The molecule has 0 aromatic heterocycles. The van der Waals surface area contributed by atoms with Gasteiger partial charge >= 0.3 is 6.09 Å². The molecule has 94 valence electrons. The van der Waals surface area contributed by atoms with E-state index in [1.807, 2.05) is 25.7 Å². The molecule has 0 saturated carbocycles. The molecule has 0 aromatic rings. The smallest absolute Gasteiger partial charge is 0.410 e. The number of carbonyl (C=O) groups is 1. The second kappa shape index (κ2) is 4.80. The zero-order valence-corrected chi connectivity index (χ0v) is 11.0. The molecule has 2 atom stereocenters. The number of halogens is 1. The van der Waals surface area contributed by atoms with Crippen LogP contribution in [0.1, 0.15) is 27.2 Å². The third-order valence-electron chi connectivity index (χ3n) is 2.88. The van der Waals surface area contributed by atoms with Gasteiger partial charge in [0.25, 0.3) is 0 Å². The van der Waals surface area contributed by atoms with Gasteiger partial charge in [0, 0.05) is 25.7 Å². The highest BCUT2D eigenvalue weighted by atomic mass is 35.5. The van der Waals surface area contributed by atoms with E-state index in [9.17, 15) is 4.79 Å². The van der Waals surface area contributed by atoms with E-state index < -0.39 is 0 Å². The van der Waals surface area contributed by atoms with Crippen molar-refractivity contribution in [2.45, 2.75) is 38.8 Å². The summed E-state index contributed by atoms with van der Waals surface area (Å²) in [7, 11) is 0. The summed E-state index contributed by atoms with van der Waals surface area (Å²) in [6.07, 6.45) is 1.04. The number of likely N-dealkylation sites (tertiary alicyclic amines) is 1. The molecule has 5 heteroatoms. The molecule has 0 aliphatic carbocycles. The molecule has 1 N–H and O–H groups in total. The molecule has 2 heterocycles. The van der Waals surface area contributed by atoms with Gasteiger partial charge in [0.15, 0.2) is 0 Å². The average Bonchev–Trinajstić information content (AvgIpc) is 2.42. The normalized spacial score (nSPS) is 28.6. The van der Waals surface area contributed by atoms with Crippen molar-refractivity contribution in [1.82, 2.24) is 10.2 Å². The Balaban J connectivity index is 0.00000128. The minimum absolute atomic E-state index is 0. The summed E-state index contributed by atoms with van der Waals surface area (Å²) in [5.74, 6) is 0.622. The monoisotopic (exact) mass is 248 g/mol. The van der Waals surface area contributed by atoms with Crippen LogP contribution in [0.15, 0.2) is 0 Å². The number of carbonyl (C=O) groups excluding carboxylic acids is 1. The van der Waals surface area contributed by atoms with E-state index in [2.05, 4.69) is 5.32 Å². The number of nitrogens with zero attached hydrogens (tertiary/aromatic N) is 1. The zero-order valence-electron chi connectivity index (χ0n) is 10.2. The molecular weight excluding hydrogens is 228 g/mol. The highest BCUT2D eigenvalue weighted by Crippen LogP contribution is 2.23. The summed E-state index contributed by atoms with van der Waals surface area (Å²) in [6, 6.07) is 0.483. The Hall–Kier alpha value is -0.480. The first-order chi connectivity index (χ1) is 6.94. The molecule has 2 rings (SSSR count). The highest BCUT2D eigenvalue weighted by Gasteiger charge is 2.36. The maximum atomic E-state index is 11.8. The lowest BCUT2D eigenvalue weighted by molar-refractivity contribution is 0.0183. The summed E-state index contributed by atoms with van der Waals surface area (Å²) in [6.45, 7) is 8.40. The van der Waals surface area contributed by atoms with Gasteiger partial charge in [-0.1, -0.05) is 0 Å². The van der Waals surface area contributed by atoms with Crippen LogP contribution in [0.3, 0.4) is 0 Å². The lowest BCUT2D eigenvalue weighted by Gasteiger charge is -2.32. The number of ether oxygens (including phenoxy) is 1. The van der Waals surface area contributed by atoms with Gasteiger partial charge in [0.2, 0.25) is 0 Å². The van der Waals surface area contributed by atoms with E-state index >= 15 is 0 Å². The molecule has 2 aliphatic rings. The summed E-state index contributed by atoms with van der Waals surface area (Å²) in [5.41, 5.74) is -0.388. The SMILES string of the molecule is CC(C)(C)OC(=O)N1CC2CNC(C2)C1.Cl. The number of piperidine rings is 1. The van der Waals surface area contributed by atoms with Crippen molar-refractivity contribution >= 4 is 18.5 Å². The van der Waals surface area contributed by atoms with Gasteiger partial charge in [-0.3, -0.25) is 0 Å². The fourth-order valence-corrected chi connectivity index (χ4v) is 2.31. The van der Waals surface area contributed by atoms with Gasteiger partial charge in [0.05, 0.1) is 0 Å². The standard InChI is InChI=1S/C11H20N2O2.ClH/c1-11(2,3)15-10(14)13-6-8-4-9(7-13)12-5-8;/h8-9,12H,4-7H2,1-3H3;1H. The topological polar surface area (TPSA) is 41.6 Å². The molecule has 0 aromatic carbocycles. The molecule has 0 radical (unpaired) electrons. The number of nitrogens with one attached hydrogen (secondary N) is 1. The Morgan fingerprint density at radius 1 is 1.38 bits per heavy atom. The second-order valence-corrected chi connectivity index (χ2v) is 5.59. The average molecular weight is 249 g/mol. The Kier molecular flexibility index (Phi) is 4.07. The van der Waals surface area contributed by atoms with Gasteiger partial charge in [-0.15, -0.1) is 12.4 Å². The summed E-state index contributed by atoms with van der Waals surface area (Å²) < 4.78 is 5.36. The first-order valence-electron chi connectivity index (χ1n) is 5.65. The van der Waals surface area contributed by atoms with Crippen LogP contribution in [0.2, 0.25) is 0 Å². The molecule has 16 heavy (non-hydrogen) atoms. The van der Waals surface area contributed by atoms with Gasteiger partial charge in [-0.05, 0) is 33.1 Å². The van der Waals surface area contributed by atoms with E-state index in [0.29, 0.717) is 12.0 Å². The van der Waals surface area contributed by atoms with Crippen molar-refractivity contribution in [3.05, 3.63) is 0 Å². The van der Waals surface area contributed by atoms with Crippen LogP contribution >= 0.6 is 12.4 Å². The van der Waals surface area contributed by atoms with Crippen LogP contribution in [-0.2, 0) is 4.74 Å². The van der Waals surface area contributed by atoms with Crippen LogP contribution < -0.4 is 5.32 Å².